The minimum Gasteiger partial charge on any atom is -0.399 e. The molecule has 2 aromatic carbocycles. The van der Waals surface area contributed by atoms with Crippen LogP contribution >= 0.6 is 0 Å². The number of benzene rings is 2. The largest absolute Gasteiger partial charge is 0.399 e. The van der Waals surface area contributed by atoms with Gasteiger partial charge in [0.2, 0.25) is 5.82 Å². The van der Waals surface area contributed by atoms with Crippen LogP contribution in [0.4, 0.5) is 5.69 Å². The maximum absolute atomic E-state index is 5.69. The van der Waals surface area contributed by atoms with Crippen molar-refractivity contribution < 1.29 is 4.52 Å². The highest BCUT2D eigenvalue weighted by atomic mass is 16.5. The number of para-hydroxylation sites is 1. The van der Waals surface area contributed by atoms with Gasteiger partial charge in [-0.2, -0.15) is 4.98 Å². The van der Waals surface area contributed by atoms with Crippen molar-refractivity contribution in [2.45, 2.75) is 0 Å². The van der Waals surface area contributed by atoms with E-state index in [4.69, 9.17) is 10.3 Å². The van der Waals surface area contributed by atoms with Gasteiger partial charge >= 0.3 is 0 Å². The average Bonchev–Trinajstić information content (AvgIpc) is 3.05. The summed E-state index contributed by atoms with van der Waals surface area (Å²) >= 11 is 0. The Hall–Kier alpha value is -3.21. The van der Waals surface area contributed by atoms with Crippen molar-refractivity contribution in [2.75, 3.05) is 5.73 Å². The highest BCUT2D eigenvalue weighted by Gasteiger charge is 2.13. The van der Waals surface area contributed by atoms with Crippen molar-refractivity contribution in [3.05, 3.63) is 60.8 Å². The molecule has 106 valence electrons. The first-order chi connectivity index (χ1) is 10.8. The van der Waals surface area contributed by atoms with Crippen LogP contribution in [0, 0.1) is 0 Å². The topological polar surface area (TPSA) is 77.8 Å². The molecule has 0 saturated heterocycles. The fourth-order valence-corrected chi connectivity index (χ4v) is 2.37. The van der Waals surface area contributed by atoms with E-state index in [0.29, 0.717) is 17.4 Å². The van der Waals surface area contributed by atoms with Gasteiger partial charge in [-0.15, -0.1) is 0 Å². The maximum Gasteiger partial charge on any atom is 0.258 e. The Morgan fingerprint density at radius 2 is 1.73 bits per heavy atom. The van der Waals surface area contributed by atoms with E-state index < -0.39 is 0 Å². The van der Waals surface area contributed by atoms with Gasteiger partial charge in [-0.05, 0) is 36.4 Å². The molecule has 0 unspecified atom stereocenters. The lowest BCUT2D eigenvalue weighted by Gasteiger charge is -2.00. The first kappa shape index (κ1) is 12.5. The number of fused-ring (bicyclic) bond motifs is 1. The molecule has 0 amide bonds. The van der Waals surface area contributed by atoms with Gasteiger partial charge in [-0.25, -0.2) is 0 Å². The fourth-order valence-electron chi connectivity index (χ4n) is 2.37. The van der Waals surface area contributed by atoms with Crippen molar-refractivity contribution in [2.24, 2.45) is 0 Å². The molecular weight excluding hydrogens is 276 g/mol. The number of nitrogens with two attached hydrogens (primary N) is 1. The predicted molar refractivity (Wildman–Crippen MR) is 84.9 cm³/mol. The van der Waals surface area contributed by atoms with Crippen LogP contribution in [0.15, 0.2) is 65.3 Å². The van der Waals surface area contributed by atoms with Crippen molar-refractivity contribution in [3.63, 3.8) is 0 Å². The Labute approximate surface area is 126 Å². The molecule has 0 bridgehead atoms. The van der Waals surface area contributed by atoms with E-state index in [1.54, 1.807) is 18.3 Å². The monoisotopic (exact) mass is 288 g/mol. The number of anilines is 1. The summed E-state index contributed by atoms with van der Waals surface area (Å²) in [5.74, 6) is 1.02. The van der Waals surface area contributed by atoms with Gasteiger partial charge < -0.3 is 10.3 Å². The van der Waals surface area contributed by atoms with Gasteiger partial charge in [0, 0.05) is 28.4 Å². The number of nitrogen functional groups attached to an aromatic ring is 1. The second kappa shape index (κ2) is 4.96. The molecular formula is C17H12N4O. The maximum atomic E-state index is 5.69. The van der Waals surface area contributed by atoms with Crippen molar-refractivity contribution in [1.29, 1.82) is 0 Å². The minimum absolute atomic E-state index is 0.468. The molecule has 5 nitrogen and oxygen atoms in total. The molecule has 0 saturated carbocycles. The Morgan fingerprint density at radius 3 is 2.59 bits per heavy atom. The molecule has 4 rings (SSSR count). The normalized spacial score (nSPS) is 10.9. The SMILES string of the molecule is Nc1ccc(-c2nc(-c3ccnc4ccccc34)no2)cc1. The lowest BCUT2D eigenvalue weighted by molar-refractivity contribution is 0.432. The summed E-state index contributed by atoms with van der Waals surface area (Å²) in [5.41, 5.74) is 9.03. The highest BCUT2D eigenvalue weighted by Crippen LogP contribution is 2.27. The Balaban J connectivity index is 1.82. The molecule has 0 spiro atoms. The van der Waals surface area contributed by atoms with E-state index in [1.807, 2.05) is 42.5 Å². The van der Waals surface area contributed by atoms with Gasteiger partial charge in [0.05, 0.1) is 5.52 Å². The van der Waals surface area contributed by atoms with Gasteiger partial charge in [0.1, 0.15) is 0 Å². The Morgan fingerprint density at radius 1 is 0.909 bits per heavy atom. The molecule has 0 aliphatic rings. The zero-order chi connectivity index (χ0) is 14.9. The number of rotatable bonds is 2. The summed E-state index contributed by atoms with van der Waals surface area (Å²) in [6, 6.07) is 17.1. The van der Waals surface area contributed by atoms with Crippen LogP contribution in [0.3, 0.4) is 0 Å². The second-order valence-corrected chi connectivity index (χ2v) is 4.92. The van der Waals surface area contributed by atoms with Crippen molar-refractivity contribution in [3.8, 4) is 22.8 Å². The van der Waals surface area contributed by atoms with Crippen LogP contribution in [0.1, 0.15) is 0 Å². The van der Waals surface area contributed by atoms with Crippen LogP contribution in [-0.4, -0.2) is 15.1 Å². The smallest absolute Gasteiger partial charge is 0.258 e. The zero-order valence-electron chi connectivity index (χ0n) is 11.6. The Kier molecular flexibility index (Phi) is 2.83. The van der Waals surface area contributed by atoms with E-state index in [9.17, 15) is 0 Å². The van der Waals surface area contributed by atoms with Gasteiger partial charge in [0.15, 0.2) is 0 Å². The lowest BCUT2D eigenvalue weighted by Crippen LogP contribution is -1.86. The lowest BCUT2D eigenvalue weighted by atomic mass is 10.1. The molecule has 4 aromatic rings. The molecule has 5 heteroatoms. The number of hydrogen-bond donors (Lipinski definition) is 1. The van der Waals surface area contributed by atoms with Crippen LogP contribution in [0.25, 0.3) is 33.7 Å². The molecule has 0 aliphatic carbocycles. The minimum atomic E-state index is 0.468. The summed E-state index contributed by atoms with van der Waals surface area (Å²) in [7, 11) is 0. The summed E-state index contributed by atoms with van der Waals surface area (Å²) < 4.78 is 5.37. The molecule has 22 heavy (non-hydrogen) atoms. The van der Waals surface area contributed by atoms with Gasteiger partial charge in [0.25, 0.3) is 5.89 Å². The molecule has 2 heterocycles. The van der Waals surface area contributed by atoms with E-state index in [1.165, 1.54) is 0 Å². The third-order valence-electron chi connectivity index (χ3n) is 3.47. The quantitative estimate of drug-likeness (QED) is 0.571. The van der Waals surface area contributed by atoms with E-state index in [-0.39, 0.29) is 0 Å². The Bertz CT molecular complexity index is 939. The van der Waals surface area contributed by atoms with Crippen LogP contribution < -0.4 is 5.73 Å². The average molecular weight is 288 g/mol. The van der Waals surface area contributed by atoms with Crippen LogP contribution in [0.2, 0.25) is 0 Å². The number of aromatic nitrogens is 3. The summed E-state index contributed by atoms with van der Waals surface area (Å²) in [4.78, 5) is 8.83. The van der Waals surface area contributed by atoms with E-state index >= 15 is 0 Å². The zero-order valence-corrected chi connectivity index (χ0v) is 11.6. The van der Waals surface area contributed by atoms with E-state index in [0.717, 1.165) is 22.0 Å². The molecule has 2 aromatic heterocycles. The first-order valence-electron chi connectivity index (χ1n) is 6.85. The molecule has 2 N–H and O–H groups in total. The van der Waals surface area contributed by atoms with Crippen molar-refractivity contribution in [1.82, 2.24) is 15.1 Å². The molecule has 0 fully saturated rings. The van der Waals surface area contributed by atoms with Gasteiger partial charge in [-0.3, -0.25) is 4.98 Å². The highest BCUT2D eigenvalue weighted by molar-refractivity contribution is 5.92. The second-order valence-electron chi connectivity index (χ2n) is 4.92. The predicted octanol–water partition coefficient (Wildman–Crippen LogP) is 3.53. The summed E-state index contributed by atoms with van der Waals surface area (Å²) in [6.07, 6.45) is 1.75. The number of pyridine rings is 1. The standard InChI is InChI=1S/C17H12N4O/c18-12-7-5-11(6-8-12)17-20-16(21-22-17)14-9-10-19-15-4-2-1-3-13(14)15/h1-10H,18H2. The third kappa shape index (κ3) is 2.09. The molecule has 0 radical (unpaired) electrons. The van der Waals surface area contributed by atoms with Crippen LogP contribution in [0.5, 0.6) is 0 Å². The van der Waals surface area contributed by atoms with Gasteiger partial charge in [-0.1, -0.05) is 23.4 Å². The van der Waals surface area contributed by atoms with Crippen molar-refractivity contribution >= 4 is 16.6 Å². The summed E-state index contributed by atoms with van der Waals surface area (Å²) in [5, 5.41) is 5.09. The number of nitrogens with zero attached hydrogens (tertiary/aromatic N) is 3. The number of hydrogen-bond acceptors (Lipinski definition) is 5. The molecule has 0 atom stereocenters. The fraction of sp³-hybridized carbons (Fsp3) is 0. The van der Waals surface area contributed by atoms with E-state index in [2.05, 4.69) is 15.1 Å². The first-order valence-corrected chi connectivity index (χ1v) is 6.85. The third-order valence-corrected chi connectivity index (χ3v) is 3.47. The van der Waals surface area contributed by atoms with Crippen LogP contribution in [-0.2, 0) is 0 Å². The summed E-state index contributed by atoms with van der Waals surface area (Å²) in [6.45, 7) is 0. The molecule has 0 aliphatic heterocycles.